The van der Waals surface area contributed by atoms with Crippen LogP contribution in [0.15, 0.2) is 84.9 Å². The highest BCUT2D eigenvalue weighted by Crippen LogP contribution is 2.36. The Bertz CT molecular complexity index is 1030. The third kappa shape index (κ3) is 4.24. The van der Waals surface area contributed by atoms with Gasteiger partial charge in [0.15, 0.2) is 0 Å². The molecule has 0 radical (unpaired) electrons. The summed E-state index contributed by atoms with van der Waals surface area (Å²) in [6.07, 6.45) is 7.52. The third-order valence-corrected chi connectivity index (χ3v) is 5.57. The van der Waals surface area contributed by atoms with Crippen molar-refractivity contribution >= 4 is 44.6 Å². The average molecular weight is 388 g/mol. The van der Waals surface area contributed by atoms with Crippen molar-refractivity contribution in [3.05, 3.63) is 90.4 Å². The molecule has 3 aromatic rings. The number of anilines is 2. The molecule has 28 heavy (non-hydrogen) atoms. The van der Waals surface area contributed by atoms with Crippen LogP contribution in [0.25, 0.3) is 15.7 Å². The lowest BCUT2D eigenvalue weighted by Crippen LogP contribution is -2.25. The Morgan fingerprint density at radius 1 is 1.14 bits per heavy atom. The van der Waals surface area contributed by atoms with Gasteiger partial charge in [-0.25, -0.2) is 0 Å². The lowest BCUT2D eigenvalue weighted by atomic mass is 10.1. The Hall–Kier alpha value is -3.11. The molecule has 0 fully saturated rings. The van der Waals surface area contributed by atoms with E-state index < -0.39 is 0 Å². The number of aliphatic imine (C=N–C) groups is 1. The van der Waals surface area contributed by atoms with Crippen LogP contribution in [0.1, 0.15) is 10.4 Å². The van der Waals surface area contributed by atoms with E-state index in [0.717, 1.165) is 16.8 Å². The molecule has 4 heteroatoms. The first kappa shape index (κ1) is 19.6. The fourth-order valence-corrected chi connectivity index (χ4v) is 4.31. The Kier molecular flexibility index (Phi) is 6.45. The van der Waals surface area contributed by atoms with E-state index in [1.165, 1.54) is 20.7 Å². The SMILES string of the molecule is C=C/C=C(\C=C)c1ccc(NCN(C)c2c(C=NC)sc3ccccc23)cc1. The average Bonchev–Trinajstić information content (AvgIpc) is 3.09. The Labute approximate surface area is 171 Å². The molecule has 0 aliphatic carbocycles. The second-order valence-corrected chi connectivity index (χ2v) is 7.45. The van der Waals surface area contributed by atoms with E-state index >= 15 is 0 Å². The first-order valence-electron chi connectivity index (χ1n) is 9.12. The molecule has 0 aliphatic rings. The highest BCUT2D eigenvalue weighted by atomic mass is 32.1. The maximum absolute atomic E-state index is 4.23. The maximum atomic E-state index is 4.23. The zero-order valence-electron chi connectivity index (χ0n) is 16.4. The van der Waals surface area contributed by atoms with Gasteiger partial charge < -0.3 is 10.2 Å². The molecule has 3 nitrogen and oxygen atoms in total. The van der Waals surface area contributed by atoms with Crippen molar-refractivity contribution in [2.45, 2.75) is 0 Å². The zero-order valence-corrected chi connectivity index (χ0v) is 17.2. The second kappa shape index (κ2) is 9.20. The largest absolute Gasteiger partial charge is 0.368 e. The molecule has 0 bridgehead atoms. The van der Waals surface area contributed by atoms with Crippen molar-refractivity contribution in [3.63, 3.8) is 0 Å². The summed E-state index contributed by atoms with van der Waals surface area (Å²) in [5.41, 5.74) is 4.46. The first-order chi connectivity index (χ1) is 13.7. The van der Waals surface area contributed by atoms with Crippen molar-refractivity contribution in [2.24, 2.45) is 4.99 Å². The molecule has 0 spiro atoms. The molecule has 1 N–H and O–H groups in total. The van der Waals surface area contributed by atoms with Crippen molar-refractivity contribution in [1.29, 1.82) is 0 Å². The Balaban J connectivity index is 1.77. The number of hydrogen-bond donors (Lipinski definition) is 1. The maximum Gasteiger partial charge on any atom is 0.0873 e. The quantitative estimate of drug-likeness (QED) is 0.283. The van der Waals surface area contributed by atoms with Gasteiger partial charge >= 0.3 is 0 Å². The zero-order chi connectivity index (χ0) is 19.9. The van der Waals surface area contributed by atoms with Crippen LogP contribution in [-0.4, -0.2) is 27.0 Å². The predicted octanol–water partition coefficient (Wildman–Crippen LogP) is 6.21. The number of rotatable bonds is 8. The Morgan fingerprint density at radius 3 is 2.57 bits per heavy atom. The van der Waals surface area contributed by atoms with E-state index in [-0.39, 0.29) is 0 Å². The van der Waals surface area contributed by atoms with E-state index in [2.05, 4.69) is 83.9 Å². The lowest BCUT2D eigenvalue weighted by Gasteiger charge is -2.21. The number of fused-ring (bicyclic) bond motifs is 1. The van der Waals surface area contributed by atoms with Gasteiger partial charge in [-0.3, -0.25) is 4.99 Å². The number of hydrogen-bond acceptors (Lipinski definition) is 4. The first-order valence-corrected chi connectivity index (χ1v) is 9.94. The molecule has 0 atom stereocenters. The molecule has 142 valence electrons. The molecule has 2 aromatic carbocycles. The van der Waals surface area contributed by atoms with Crippen LogP contribution in [-0.2, 0) is 0 Å². The Morgan fingerprint density at radius 2 is 1.89 bits per heavy atom. The molecule has 1 aromatic heterocycles. The second-order valence-electron chi connectivity index (χ2n) is 6.37. The molecular formula is C24H25N3S. The molecule has 3 rings (SSSR count). The molecule has 0 aliphatic heterocycles. The van der Waals surface area contributed by atoms with Gasteiger partial charge in [0.05, 0.1) is 17.2 Å². The predicted molar refractivity (Wildman–Crippen MR) is 127 cm³/mol. The van der Waals surface area contributed by atoms with E-state index in [1.54, 1.807) is 17.4 Å². The standard InChI is InChI=1S/C24H25N3S/c1-5-9-18(6-2)19-12-14-20(15-13-19)26-17-27(4)24-21-10-7-8-11-22(21)28-23(24)16-25-3/h5-16,26H,1-2,17H2,3-4H3/b18-9+,25-16?. The lowest BCUT2D eigenvalue weighted by molar-refractivity contribution is 0.986. The highest BCUT2D eigenvalue weighted by molar-refractivity contribution is 7.21. The number of nitrogens with zero attached hydrogens (tertiary/aromatic N) is 2. The highest BCUT2D eigenvalue weighted by Gasteiger charge is 2.14. The van der Waals surface area contributed by atoms with E-state index in [0.29, 0.717) is 6.67 Å². The minimum atomic E-state index is 0.696. The summed E-state index contributed by atoms with van der Waals surface area (Å²) in [7, 11) is 3.91. The van der Waals surface area contributed by atoms with Crippen LogP contribution in [0, 0.1) is 0 Å². The van der Waals surface area contributed by atoms with Crippen molar-refractivity contribution in [3.8, 4) is 0 Å². The summed E-state index contributed by atoms with van der Waals surface area (Å²) >= 11 is 1.77. The summed E-state index contributed by atoms with van der Waals surface area (Å²) in [5, 5.41) is 4.76. The molecular weight excluding hydrogens is 362 g/mol. The van der Waals surface area contributed by atoms with Gasteiger partial charge in [-0.1, -0.05) is 61.7 Å². The molecule has 0 unspecified atom stereocenters. The number of nitrogens with one attached hydrogen (secondary N) is 1. The third-order valence-electron chi connectivity index (χ3n) is 4.48. The normalized spacial score (nSPS) is 11.7. The van der Waals surface area contributed by atoms with Crippen molar-refractivity contribution in [1.82, 2.24) is 0 Å². The van der Waals surface area contributed by atoms with E-state index in [4.69, 9.17) is 0 Å². The minimum Gasteiger partial charge on any atom is -0.368 e. The molecule has 0 saturated carbocycles. The number of thiophene rings is 1. The van der Waals surface area contributed by atoms with Gasteiger partial charge in [-0.05, 0) is 29.3 Å². The van der Waals surface area contributed by atoms with Gasteiger partial charge in [-0.15, -0.1) is 11.3 Å². The van der Waals surface area contributed by atoms with Crippen LogP contribution < -0.4 is 10.2 Å². The van der Waals surface area contributed by atoms with E-state index in [1.807, 2.05) is 25.4 Å². The summed E-state index contributed by atoms with van der Waals surface area (Å²) < 4.78 is 1.27. The summed E-state index contributed by atoms with van der Waals surface area (Å²) in [4.78, 5) is 7.64. The fourth-order valence-electron chi connectivity index (χ4n) is 3.13. The molecule has 0 saturated heterocycles. The van der Waals surface area contributed by atoms with Gasteiger partial charge in [-0.2, -0.15) is 0 Å². The summed E-state index contributed by atoms with van der Waals surface area (Å²) in [6, 6.07) is 16.8. The monoisotopic (exact) mass is 387 g/mol. The van der Waals surface area contributed by atoms with Crippen molar-refractivity contribution < 1.29 is 0 Å². The van der Waals surface area contributed by atoms with E-state index in [9.17, 15) is 0 Å². The summed E-state index contributed by atoms with van der Waals surface area (Å²) in [6.45, 7) is 8.32. The summed E-state index contributed by atoms with van der Waals surface area (Å²) in [5.74, 6) is 0. The van der Waals surface area contributed by atoms with Crippen LogP contribution in [0.2, 0.25) is 0 Å². The number of benzene rings is 2. The number of allylic oxidation sites excluding steroid dienone is 4. The molecule has 1 heterocycles. The van der Waals surface area contributed by atoms with Crippen LogP contribution in [0.3, 0.4) is 0 Å². The van der Waals surface area contributed by atoms with Crippen LogP contribution in [0.5, 0.6) is 0 Å². The van der Waals surface area contributed by atoms with Crippen LogP contribution >= 0.6 is 11.3 Å². The van der Waals surface area contributed by atoms with Gasteiger partial charge in [0.25, 0.3) is 0 Å². The van der Waals surface area contributed by atoms with Crippen molar-refractivity contribution in [2.75, 3.05) is 31.0 Å². The molecule has 0 amide bonds. The smallest absolute Gasteiger partial charge is 0.0873 e. The van der Waals surface area contributed by atoms with Crippen LogP contribution in [0.4, 0.5) is 11.4 Å². The van der Waals surface area contributed by atoms with Gasteiger partial charge in [0.2, 0.25) is 0 Å². The van der Waals surface area contributed by atoms with Gasteiger partial charge in [0, 0.05) is 36.1 Å². The minimum absolute atomic E-state index is 0.696. The van der Waals surface area contributed by atoms with Gasteiger partial charge in [0.1, 0.15) is 0 Å². The fraction of sp³-hybridized carbons (Fsp3) is 0.125. The topological polar surface area (TPSA) is 27.6 Å².